The van der Waals surface area contributed by atoms with E-state index in [4.69, 9.17) is 4.74 Å². The molecule has 0 unspecified atom stereocenters. The molecule has 0 bridgehead atoms. The number of hydrogen-bond donors (Lipinski definition) is 1. The van der Waals surface area contributed by atoms with Crippen molar-refractivity contribution in [2.24, 2.45) is 0 Å². The van der Waals surface area contributed by atoms with E-state index in [0.717, 1.165) is 0 Å². The Morgan fingerprint density at radius 2 is 1.96 bits per heavy atom. The van der Waals surface area contributed by atoms with E-state index < -0.39 is 10.0 Å². The zero-order valence-electron chi connectivity index (χ0n) is 15.3. The van der Waals surface area contributed by atoms with Gasteiger partial charge in [0.2, 0.25) is 10.0 Å². The second-order valence-electron chi connectivity index (χ2n) is 5.40. The number of nitrogens with zero attached hydrogens (tertiary/aromatic N) is 2. The molecule has 7 nitrogen and oxygen atoms in total. The summed E-state index contributed by atoms with van der Waals surface area (Å²) in [5, 5.41) is 2.75. The number of thiazole rings is 1. The zero-order valence-corrected chi connectivity index (χ0v) is 16.9. The van der Waals surface area contributed by atoms with Gasteiger partial charge in [-0.25, -0.2) is 13.4 Å². The van der Waals surface area contributed by atoms with Gasteiger partial charge in [0, 0.05) is 13.1 Å². The Kier molecular flexibility index (Phi) is 6.74. The van der Waals surface area contributed by atoms with E-state index in [-0.39, 0.29) is 10.8 Å². The van der Waals surface area contributed by atoms with Gasteiger partial charge in [-0.1, -0.05) is 13.8 Å². The summed E-state index contributed by atoms with van der Waals surface area (Å²) in [6.45, 7) is 8.26. The van der Waals surface area contributed by atoms with Crippen molar-refractivity contribution in [3.05, 3.63) is 34.3 Å². The minimum atomic E-state index is -3.64. The lowest BCUT2D eigenvalue weighted by atomic mass is 10.2. The summed E-state index contributed by atoms with van der Waals surface area (Å²) in [5.41, 5.74) is 2.53. The molecular weight excluding hydrogens is 374 g/mol. The van der Waals surface area contributed by atoms with Gasteiger partial charge in [0.25, 0.3) is 5.91 Å². The van der Waals surface area contributed by atoms with Crippen LogP contribution in [0.2, 0.25) is 0 Å². The maximum absolute atomic E-state index is 12.7. The van der Waals surface area contributed by atoms with Crippen LogP contribution >= 0.6 is 11.3 Å². The highest BCUT2D eigenvalue weighted by Gasteiger charge is 2.24. The lowest BCUT2D eigenvalue weighted by Crippen LogP contribution is -2.30. The molecule has 0 atom stereocenters. The number of aromatic nitrogens is 1. The molecule has 1 N–H and O–H groups in total. The number of sulfonamides is 1. The highest BCUT2D eigenvalue weighted by molar-refractivity contribution is 7.89. The highest BCUT2D eigenvalue weighted by Crippen LogP contribution is 2.30. The second kappa shape index (κ2) is 8.61. The van der Waals surface area contributed by atoms with E-state index in [0.29, 0.717) is 41.7 Å². The topological polar surface area (TPSA) is 88.6 Å². The molecule has 0 fully saturated rings. The number of anilines is 1. The molecule has 1 amide bonds. The van der Waals surface area contributed by atoms with Crippen LogP contribution < -0.4 is 10.1 Å². The Labute approximate surface area is 158 Å². The minimum absolute atomic E-state index is 0.112. The normalized spacial score (nSPS) is 11.6. The Bertz CT molecular complexity index is 874. The Hall–Kier alpha value is -1.97. The monoisotopic (exact) mass is 397 g/mol. The van der Waals surface area contributed by atoms with Gasteiger partial charge in [-0.05, 0) is 32.0 Å². The lowest BCUT2D eigenvalue weighted by molar-refractivity contribution is 0.102. The molecular formula is C17H23N3O4S2. The molecule has 0 aliphatic rings. The van der Waals surface area contributed by atoms with Crippen molar-refractivity contribution in [3.63, 3.8) is 0 Å². The van der Waals surface area contributed by atoms with Gasteiger partial charge in [-0.2, -0.15) is 4.31 Å². The maximum Gasteiger partial charge on any atom is 0.267 e. The molecule has 0 aliphatic heterocycles. The fourth-order valence-corrected chi connectivity index (χ4v) is 4.64. The average Bonchev–Trinajstić information content (AvgIpc) is 3.03. The minimum Gasteiger partial charge on any atom is -0.492 e. The van der Waals surface area contributed by atoms with Crippen LogP contribution in [0.3, 0.4) is 0 Å². The number of rotatable bonds is 8. The van der Waals surface area contributed by atoms with Crippen LogP contribution in [0, 0.1) is 6.92 Å². The molecule has 142 valence electrons. The van der Waals surface area contributed by atoms with Crippen LogP contribution in [0.4, 0.5) is 5.69 Å². The van der Waals surface area contributed by atoms with Crippen molar-refractivity contribution >= 4 is 33.0 Å². The van der Waals surface area contributed by atoms with Crippen LogP contribution in [0.5, 0.6) is 5.75 Å². The summed E-state index contributed by atoms with van der Waals surface area (Å²) in [6, 6.07) is 4.49. The SMILES string of the molecule is CCOc1ccc(S(=O)(=O)N(CC)CC)cc1NC(=O)c1scnc1C. The summed E-state index contributed by atoms with van der Waals surface area (Å²) >= 11 is 1.23. The second-order valence-corrected chi connectivity index (χ2v) is 8.19. The number of benzene rings is 1. The third-order valence-corrected chi connectivity index (χ3v) is 6.77. The largest absolute Gasteiger partial charge is 0.492 e. The molecule has 0 saturated heterocycles. The molecule has 0 spiro atoms. The molecule has 1 heterocycles. The van der Waals surface area contributed by atoms with E-state index >= 15 is 0 Å². The molecule has 0 saturated carbocycles. The van der Waals surface area contributed by atoms with Crippen molar-refractivity contribution in [1.29, 1.82) is 0 Å². The van der Waals surface area contributed by atoms with E-state index in [2.05, 4.69) is 10.3 Å². The maximum atomic E-state index is 12.7. The van der Waals surface area contributed by atoms with Crippen LogP contribution in [0.1, 0.15) is 36.1 Å². The summed E-state index contributed by atoms with van der Waals surface area (Å²) in [5.74, 6) is 0.0739. The van der Waals surface area contributed by atoms with E-state index in [1.807, 2.05) is 6.92 Å². The van der Waals surface area contributed by atoms with Crippen molar-refractivity contribution < 1.29 is 17.9 Å². The Morgan fingerprint density at radius 3 is 2.50 bits per heavy atom. The van der Waals surface area contributed by atoms with Gasteiger partial charge >= 0.3 is 0 Å². The standard InChI is InChI=1S/C17H23N3O4S2/c1-5-20(6-2)26(22,23)13-8-9-15(24-7-3)14(10-13)19-17(21)16-12(4)18-11-25-16/h8-11H,5-7H2,1-4H3,(H,19,21). The molecule has 2 aromatic rings. The summed E-state index contributed by atoms with van der Waals surface area (Å²) in [6.07, 6.45) is 0. The van der Waals surface area contributed by atoms with Crippen LogP contribution in [0.25, 0.3) is 0 Å². The Balaban J connectivity index is 2.43. The number of amides is 1. The van der Waals surface area contributed by atoms with Gasteiger partial charge in [0.05, 0.1) is 28.4 Å². The van der Waals surface area contributed by atoms with Gasteiger partial charge in [-0.3, -0.25) is 4.79 Å². The number of carbonyl (C=O) groups excluding carboxylic acids is 1. The first kappa shape index (κ1) is 20.3. The van der Waals surface area contributed by atoms with Crippen molar-refractivity contribution in [3.8, 4) is 5.75 Å². The predicted octanol–water partition coefficient (Wildman–Crippen LogP) is 3.13. The Morgan fingerprint density at radius 1 is 1.27 bits per heavy atom. The molecule has 9 heteroatoms. The third-order valence-electron chi connectivity index (χ3n) is 3.79. The average molecular weight is 398 g/mol. The van der Waals surface area contributed by atoms with Crippen molar-refractivity contribution in [1.82, 2.24) is 9.29 Å². The number of aryl methyl sites for hydroxylation is 1. The van der Waals surface area contributed by atoms with Crippen molar-refractivity contribution in [2.75, 3.05) is 25.0 Å². The fraction of sp³-hybridized carbons (Fsp3) is 0.412. The number of nitrogens with one attached hydrogen (secondary N) is 1. The highest BCUT2D eigenvalue weighted by atomic mass is 32.2. The van der Waals surface area contributed by atoms with E-state index in [1.165, 1.54) is 27.8 Å². The van der Waals surface area contributed by atoms with Crippen LogP contribution in [-0.2, 0) is 10.0 Å². The third kappa shape index (κ3) is 4.22. The fourth-order valence-electron chi connectivity index (χ4n) is 2.46. The molecule has 1 aromatic carbocycles. The van der Waals surface area contributed by atoms with Crippen LogP contribution in [-0.4, -0.2) is 43.3 Å². The first-order chi connectivity index (χ1) is 12.3. The first-order valence-electron chi connectivity index (χ1n) is 8.33. The van der Waals surface area contributed by atoms with Gasteiger partial charge in [-0.15, -0.1) is 11.3 Å². The van der Waals surface area contributed by atoms with Gasteiger partial charge < -0.3 is 10.1 Å². The molecule has 0 aliphatic carbocycles. The van der Waals surface area contributed by atoms with Gasteiger partial charge in [0.1, 0.15) is 10.6 Å². The number of carbonyl (C=O) groups is 1. The molecule has 0 radical (unpaired) electrons. The van der Waals surface area contributed by atoms with E-state index in [9.17, 15) is 13.2 Å². The molecule has 1 aromatic heterocycles. The summed E-state index contributed by atoms with van der Waals surface area (Å²) in [4.78, 5) is 17.2. The van der Waals surface area contributed by atoms with E-state index in [1.54, 1.807) is 32.3 Å². The lowest BCUT2D eigenvalue weighted by Gasteiger charge is -2.20. The smallest absolute Gasteiger partial charge is 0.267 e. The molecule has 26 heavy (non-hydrogen) atoms. The quantitative estimate of drug-likeness (QED) is 0.739. The van der Waals surface area contributed by atoms with Gasteiger partial charge in [0.15, 0.2) is 0 Å². The zero-order chi connectivity index (χ0) is 19.3. The predicted molar refractivity (Wildman–Crippen MR) is 103 cm³/mol. The number of ether oxygens (including phenoxy) is 1. The first-order valence-corrected chi connectivity index (χ1v) is 10.7. The van der Waals surface area contributed by atoms with Crippen molar-refractivity contribution in [2.45, 2.75) is 32.6 Å². The molecule has 2 rings (SSSR count). The summed E-state index contributed by atoms with van der Waals surface area (Å²) < 4.78 is 32.4. The number of hydrogen-bond acceptors (Lipinski definition) is 6. The summed E-state index contributed by atoms with van der Waals surface area (Å²) in [7, 11) is -3.64. The van der Waals surface area contributed by atoms with Crippen LogP contribution in [0.15, 0.2) is 28.6 Å².